The van der Waals surface area contributed by atoms with Gasteiger partial charge in [-0.3, -0.25) is 0 Å². The topological polar surface area (TPSA) is 9.23 Å². The van der Waals surface area contributed by atoms with Gasteiger partial charge in [0.1, 0.15) is 0 Å². The van der Waals surface area contributed by atoms with Crippen molar-refractivity contribution >= 4 is 11.6 Å². The Morgan fingerprint density at radius 2 is 1.71 bits per heavy atom. The highest BCUT2D eigenvalue weighted by Crippen LogP contribution is 2.33. The molecule has 0 aliphatic rings. The molecule has 2 heteroatoms. The number of alkyl halides is 1. The predicted octanol–water partition coefficient (Wildman–Crippen LogP) is 4.59. The Kier molecular flexibility index (Phi) is 6.61. The Hall–Kier alpha value is -0.530. The molecule has 1 aromatic carbocycles. The third-order valence-corrected chi connectivity index (χ3v) is 3.96. The number of benzene rings is 1. The highest BCUT2D eigenvalue weighted by Gasteiger charge is 2.17. The average Bonchev–Trinajstić information content (AvgIpc) is 2.38. The van der Waals surface area contributed by atoms with Gasteiger partial charge in [0, 0.05) is 7.11 Å². The third-order valence-electron chi connectivity index (χ3n) is 3.36. The SMILES string of the molecule is CCC(CC)C(Cl)c1ccc(CCOC)cc1. The van der Waals surface area contributed by atoms with Gasteiger partial charge in [0.15, 0.2) is 0 Å². The number of hydrogen-bond donors (Lipinski definition) is 0. The van der Waals surface area contributed by atoms with Crippen LogP contribution in [-0.2, 0) is 11.2 Å². The van der Waals surface area contributed by atoms with Crippen molar-refractivity contribution in [3.05, 3.63) is 35.4 Å². The summed E-state index contributed by atoms with van der Waals surface area (Å²) in [5.41, 5.74) is 2.55. The normalized spacial score (nSPS) is 13.0. The molecule has 96 valence electrons. The predicted molar refractivity (Wildman–Crippen MR) is 74.7 cm³/mol. The van der Waals surface area contributed by atoms with Crippen molar-refractivity contribution in [3.8, 4) is 0 Å². The summed E-state index contributed by atoms with van der Waals surface area (Å²) in [6, 6.07) is 8.63. The van der Waals surface area contributed by atoms with E-state index in [1.807, 2.05) is 0 Å². The van der Waals surface area contributed by atoms with Gasteiger partial charge in [0.2, 0.25) is 0 Å². The largest absolute Gasteiger partial charge is 0.384 e. The minimum atomic E-state index is 0.140. The molecule has 0 fully saturated rings. The maximum atomic E-state index is 6.50. The molecule has 0 heterocycles. The van der Waals surface area contributed by atoms with Crippen molar-refractivity contribution in [2.45, 2.75) is 38.5 Å². The zero-order valence-electron chi connectivity index (χ0n) is 11.1. The van der Waals surface area contributed by atoms with Gasteiger partial charge < -0.3 is 4.74 Å². The fourth-order valence-electron chi connectivity index (χ4n) is 2.06. The molecule has 17 heavy (non-hydrogen) atoms. The van der Waals surface area contributed by atoms with E-state index < -0.39 is 0 Å². The van der Waals surface area contributed by atoms with Crippen molar-refractivity contribution in [1.82, 2.24) is 0 Å². The van der Waals surface area contributed by atoms with Crippen molar-refractivity contribution in [2.24, 2.45) is 5.92 Å². The van der Waals surface area contributed by atoms with Gasteiger partial charge in [-0.2, -0.15) is 0 Å². The lowest BCUT2D eigenvalue weighted by molar-refractivity contribution is 0.202. The van der Waals surface area contributed by atoms with Crippen LogP contribution < -0.4 is 0 Å². The Bertz CT molecular complexity index is 303. The fourth-order valence-corrected chi connectivity index (χ4v) is 2.56. The van der Waals surface area contributed by atoms with Gasteiger partial charge in [0.05, 0.1) is 12.0 Å². The first-order valence-electron chi connectivity index (χ1n) is 6.44. The summed E-state index contributed by atoms with van der Waals surface area (Å²) in [4.78, 5) is 0. The van der Waals surface area contributed by atoms with Crippen LogP contribution in [0.4, 0.5) is 0 Å². The van der Waals surface area contributed by atoms with E-state index in [4.69, 9.17) is 16.3 Å². The first-order valence-corrected chi connectivity index (χ1v) is 6.88. The van der Waals surface area contributed by atoms with Crippen molar-refractivity contribution in [2.75, 3.05) is 13.7 Å². The number of halogens is 1. The first-order chi connectivity index (χ1) is 8.22. The van der Waals surface area contributed by atoms with E-state index in [1.165, 1.54) is 11.1 Å². The van der Waals surface area contributed by atoms with E-state index in [0.717, 1.165) is 25.9 Å². The fraction of sp³-hybridized carbons (Fsp3) is 0.600. The summed E-state index contributed by atoms with van der Waals surface area (Å²) in [6.07, 6.45) is 3.24. The zero-order chi connectivity index (χ0) is 12.7. The van der Waals surface area contributed by atoms with Crippen molar-refractivity contribution < 1.29 is 4.74 Å². The summed E-state index contributed by atoms with van der Waals surface area (Å²) in [5.74, 6) is 0.571. The van der Waals surface area contributed by atoms with Gasteiger partial charge in [0.25, 0.3) is 0 Å². The number of ether oxygens (including phenoxy) is 1. The van der Waals surface area contributed by atoms with Crippen LogP contribution in [0.15, 0.2) is 24.3 Å². The van der Waals surface area contributed by atoms with Crippen LogP contribution in [0.2, 0.25) is 0 Å². The molecule has 0 saturated heterocycles. The van der Waals surface area contributed by atoms with E-state index in [-0.39, 0.29) is 5.38 Å². The molecule has 0 aliphatic carbocycles. The highest BCUT2D eigenvalue weighted by molar-refractivity contribution is 6.21. The van der Waals surface area contributed by atoms with E-state index in [9.17, 15) is 0 Å². The molecule has 0 amide bonds. The second-order valence-electron chi connectivity index (χ2n) is 4.46. The molecule has 0 aliphatic heterocycles. The summed E-state index contributed by atoms with van der Waals surface area (Å²) in [6.45, 7) is 5.18. The monoisotopic (exact) mass is 254 g/mol. The molecular weight excluding hydrogens is 232 g/mol. The molecule has 0 spiro atoms. The van der Waals surface area contributed by atoms with Gasteiger partial charge in [-0.15, -0.1) is 11.6 Å². The molecule has 0 saturated carbocycles. The number of methoxy groups -OCH3 is 1. The molecule has 0 bridgehead atoms. The molecular formula is C15H23ClO. The lowest BCUT2D eigenvalue weighted by Crippen LogP contribution is -2.06. The van der Waals surface area contributed by atoms with Crippen LogP contribution in [-0.4, -0.2) is 13.7 Å². The molecule has 1 aromatic rings. The summed E-state index contributed by atoms with van der Waals surface area (Å²) in [7, 11) is 1.73. The Morgan fingerprint density at radius 3 is 2.18 bits per heavy atom. The average molecular weight is 255 g/mol. The second kappa shape index (κ2) is 7.73. The van der Waals surface area contributed by atoms with Crippen LogP contribution in [0.5, 0.6) is 0 Å². The summed E-state index contributed by atoms with van der Waals surface area (Å²) >= 11 is 6.50. The van der Waals surface area contributed by atoms with Crippen molar-refractivity contribution in [3.63, 3.8) is 0 Å². The van der Waals surface area contributed by atoms with Gasteiger partial charge in [-0.1, -0.05) is 51.0 Å². The van der Waals surface area contributed by atoms with E-state index in [1.54, 1.807) is 7.11 Å². The minimum absolute atomic E-state index is 0.140. The Labute approximate surface area is 110 Å². The van der Waals surface area contributed by atoms with Gasteiger partial charge >= 0.3 is 0 Å². The lowest BCUT2D eigenvalue weighted by Gasteiger charge is -2.19. The van der Waals surface area contributed by atoms with Crippen LogP contribution in [0.3, 0.4) is 0 Å². The van der Waals surface area contributed by atoms with Gasteiger partial charge in [-0.25, -0.2) is 0 Å². The Morgan fingerprint density at radius 1 is 1.12 bits per heavy atom. The van der Waals surface area contributed by atoms with Gasteiger partial charge in [-0.05, 0) is 23.5 Å². The molecule has 1 atom stereocenters. The van der Waals surface area contributed by atoms with Crippen LogP contribution in [0.1, 0.15) is 43.2 Å². The van der Waals surface area contributed by atoms with Crippen molar-refractivity contribution in [1.29, 1.82) is 0 Å². The molecule has 1 unspecified atom stereocenters. The van der Waals surface area contributed by atoms with E-state index >= 15 is 0 Å². The summed E-state index contributed by atoms with van der Waals surface area (Å²) < 4.78 is 5.07. The van der Waals surface area contributed by atoms with E-state index in [2.05, 4.69) is 38.1 Å². The smallest absolute Gasteiger partial charge is 0.0613 e. The molecule has 1 rings (SSSR count). The second-order valence-corrected chi connectivity index (χ2v) is 4.93. The summed E-state index contributed by atoms with van der Waals surface area (Å²) in [5, 5.41) is 0.140. The van der Waals surface area contributed by atoms with Crippen LogP contribution in [0.25, 0.3) is 0 Å². The van der Waals surface area contributed by atoms with E-state index in [0.29, 0.717) is 5.92 Å². The first kappa shape index (κ1) is 14.5. The quantitative estimate of drug-likeness (QED) is 0.647. The Balaban J connectivity index is 2.66. The number of hydrogen-bond acceptors (Lipinski definition) is 1. The maximum Gasteiger partial charge on any atom is 0.0613 e. The molecule has 0 aromatic heterocycles. The minimum Gasteiger partial charge on any atom is -0.384 e. The standard InChI is InChI=1S/C15H23ClO/c1-4-13(5-2)15(16)14-8-6-12(7-9-14)10-11-17-3/h6-9,13,15H,4-5,10-11H2,1-3H3. The lowest BCUT2D eigenvalue weighted by atomic mass is 9.93. The third kappa shape index (κ3) is 4.33. The molecule has 0 N–H and O–H groups in total. The maximum absolute atomic E-state index is 6.50. The van der Waals surface area contributed by atoms with Crippen LogP contribution in [0, 0.1) is 5.92 Å². The number of rotatable bonds is 7. The zero-order valence-corrected chi connectivity index (χ0v) is 11.8. The van der Waals surface area contributed by atoms with Crippen LogP contribution >= 0.6 is 11.6 Å². The molecule has 1 nitrogen and oxygen atoms in total. The highest BCUT2D eigenvalue weighted by atomic mass is 35.5. The molecule has 0 radical (unpaired) electrons.